The van der Waals surface area contributed by atoms with Crippen LogP contribution in [0, 0.1) is 11.8 Å². The zero-order valence-electron chi connectivity index (χ0n) is 21.3. The third-order valence-electron chi connectivity index (χ3n) is 5.83. The molecule has 6 heteroatoms. The highest BCUT2D eigenvalue weighted by Gasteiger charge is 2.11. The van der Waals surface area contributed by atoms with Crippen LogP contribution in [0.1, 0.15) is 158 Å². The van der Waals surface area contributed by atoms with Gasteiger partial charge in [-0.05, 0) is 18.3 Å². The quantitative estimate of drug-likeness (QED) is 0.141. The first-order valence-electron chi connectivity index (χ1n) is 12.7. The van der Waals surface area contributed by atoms with Gasteiger partial charge >= 0.3 is 0 Å². The van der Waals surface area contributed by atoms with E-state index >= 15 is 0 Å². The molecule has 0 aliphatic rings. The van der Waals surface area contributed by atoms with E-state index in [2.05, 4.69) is 58.6 Å². The minimum absolute atomic E-state index is 0. The van der Waals surface area contributed by atoms with Crippen LogP contribution in [0.2, 0.25) is 0 Å². The molecule has 0 aliphatic carbocycles. The summed E-state index contributed by atoms with van der Waals surface area (Å²) in [5, 5.41) is 0. The molecule has 0 aromatic carbocycles. The number of hydrogen-bond donors (Lipinski definition) is 0. The van der Waals surface area contributed by atoms with Gasteiger partial charge in [0.2, 0.25) is 0 Å². The van der Waals surface area contributed by atoms with Crippen LogP contribution in [0.15, 0.2) is 0 Å². The van der Waals surface area contributed by atoms with E-state index in [0.29, 0.717) is 0 Å². The van der Waals surface area contributed by atoms with Crippen molar-refractivity contribution in [2.75, 3.05) is 0 Å². The van der Waals surface area contributed by atoms with Gasteiger partial charge in [-0.1, -0.05) is 152 Å². The molecule has 0 rings (SSSR count). The maximum Gasteiger partial charge on any atom is 0 e. The van der Waals surface area contributed by atoms with Crippen LogP contribution >= 0.6 is 0 Å². The van der Waals surface area contributed by atoms with Gasteiger partial charge in [0.15, 0.2) is 0 Å². The summed E-state index contributed by atoms with van der Waals surface area (Å²) in [4.78, 5) is 0. The molecule has 0 amide bonds. The number of rotatable bonds is 19. The smallest absolute Gasteiger partial charge is 0 e. The SMILES string of the molecule is C.C.CCCCCCCCCCC(CC)CC(C)CCCCCCCC.[B].[B][B].[B][B][B]. The molecule has 0 heterocycles. The van der Waals surface area contributed by atoms with Crippen molar-refractivity contribution in [3.05, 3.63) is 0 Å². The molecule has 0 nitrogen and oxygen atoms in total. The lowest BCUT2D eigenvalue weighted by atomic mass is 9.40. The van der Waals surface area contributed by atoms with Crippen molar-refractivity contribution in [2.24, 2.45) is 11.8 Å². The molecular formula is C26H58B6. The van der Waals surface area contributed by atoms with Gasteiger partial charge in [-0.2, -0.15) is 0 Å². The minimum Gasteiger partial charge on any atom is -0.0776 e. The van der Waals surface area contributed by atoms with E-state index in [-0.39, 0.29) is 23.3 Å². The van der Waals surface area contributed by atoms with Crippen LogP contribution in [0.25, 0.3) is 0 Å². The van der Waals surface area contributed by atoms with E-state index in [1.54, 1.807) is 0 Å². The summed E-state index contributed by atoms with van der Waals surface area (Å²) < 4.78 is 0. The predicted octanol–water partition coefficient (Wildman–Crippen LogP) is 8.31. The first kappa shape index (κ1) is 45.8. The summed E-state index contributed by atoms with van der Waals surface area (Å²) >= 11 is 0. The lowest BCUT2D eigenvalue weighted by Crippen LogP contribution is -2.06. The lowest BCUT2D eigenvalue weighted by Gasteiger charge is -2.19. The summed E-state index contributed by atoms with van der Waals surface area (Å²) in [6.45, 7) is 9.52. The summed E-state index contributed by atoms with van der Waals surface area (Å²) in [5.41, 5.74) is 0. The Bertz CT molecular complexity index is 254. The maximum absolute atomic E-state index is 4.50. The van der Waals surface area contributed by atoms with Gasteiger partial charge in [0, 0.05) is 46.4 Å². The van der Waals surface area contributed by atoms with E-state index in [1.165, 1.54) is 116 Å². The van der Waals surface area contributed by atoms with Crippen LogP contribution in [0.3, 0.4) is 0 Å². The molecule has 0 aromatic heterocycles. The van der Waals surface area contributed by atoms with Crippen LogP contribution in [0.4, 0.5) is 0 Å². The van der Waals surface area contributed by atoms with Crippen molar-refractivity contribution in [3.8, 4) is 0 Å². The van der Waals surface area contributed by atoms with Crippen LogP contribution in [-0.4, -0.2) is 46.4 Å². The highest BCUT2D eigenvalue weighted by Crippen LogP contribution is 2.25. The normalized spacial score (nSPS) is 11.0. The van der Waals surface area contributed by atoms with Gasteiger partial charge in [-0.3, -0.25) is 0 Å². The molecule has 32 heavy (non-hydrogen) atoms. The third-order valence-corrected chi connectivity index (χ3v) is 5.83. The van der Waals surface area contributed by atoms with Crippen molar-refractivity contribution in [2.45, 2.75) is 158 Å². The van der Waals surface area contributed by atoms with Gasteiger partial charge < -0.3 is 0 Å². The molecular weight excluding hydrogens is 377 g/mol. The molecule has 12 radical (unpaired) electrons. The van der Waals surface area contributed by atoms with E-state index in [9.17, 15) is 0 Å². The van der Waals surface area contributed by atoms with Crippen LogP contribution < -0.4 is 0 Å². The second kappa shape index (κ2) is 45.0. The predicted molar refractivity (Wildman–Crippen MR) is 161 cm³/mol. The average Bonchev–Trinajstić information content (AvgIpc) is 2.73. The van der Waals surface area contributed by atoms with Gasteiger partial charge in [0.1, 0.15) is 0 Å². The van der Waals surface area contributed by atoms with Crippen molar-refractivity contribution >= 4 is 46.4 Å². The van der Waals surface area contributed by atoms with Crippen LogP contribution in [0.5, 0.6) is 0 Å². The molecule has 0 N–H and O–H groups in total. The van der Waals surface area contributed by atoms with Gasteiger partial charge in [-0.25, -0.2) is 0 Å². The molecule has 0 aromatic rings. The minimum atomic E-state index is 0. The van der Waals surface area contributed by atoms with Gasteiger partial charge in [0.25, 0.3) is 0 Å². The van der Waals surface area contributed by atoms with E-state index in [4.69, 9.17) is 0 Å². The molecule has 2 atom stereocenters. The second-order valence-corrected chi connectivity index (χ2v) is 8.63. The van der Waals surface area contributed by atoms with E-state index < -0.39 is 0 Å². The summed E-state index contributed by atoms with van der Waals surface area (Å²) in [5.74, 6) is 1.95. The van der Waals surface area contributed by atoms with Crippen molar-refractivity contribution in [3.63, 3.8) is 0 Å². The molecule has 180 valence electrons. The summed E-state index contributed by atoms with van der Waals surface area (Å²) in [6, 6.07) is 0. The molecule has 2 unspecified atom stereocenters. The molecule has 0 fully saturated rings. The highest BCUT2D eigenvalue weighted by molar-refractivity contribution is 7.17. The lowest BCUT2D eigenvalue weighted by molar-refractivity contribution is 0.329. The van der Waals surface area contributed by atoms with Crippen LogP contribution in [-0.2, 0) is 0 Å². The zero-order chi connectivity index (χ0) is 22.6. The molecule has 0 saturated heterocycles. The van der Waals surface area contributed by atoms with Crippen molar-refractivity contribution in [1.82, 2.24) is 0 Å². The fourth-order valence-corrected chi connectivity index (χ4v) is 4.02. The Kier molecular flexibility index (Phi) is 64.4. The Balaban J connectivity index is -0.000000194. The number of unbranched alkanes of at least 4 members (excludes halogenated alkanes) is 12. The Hall–Kier alpha value is 0.390. The standard InChI is InChI=1S/C24H50.2CH4.B3.B2.B/c1-5-8-10-12-14-15-17-19-21-24(7-3)22-23(4)20-18-16-13-11-9-6-2;;;1-3-2;1-2;/h23-24H,5-22H2,1-4H3;2*1H4;;;. The van der Waals surface area contributed by atoms with Gasteiger partial charge in [-0.15, -0.1) is 0 Å². The molecule has 0 aliphatic heterocycles. The maximum atomic E-state index is 4.50. The Labute approximate surface area is 216 Å². The topological polar surface area (TPSA) is 0 Å². The average molecular weight is 436 g/mol. The first-order valence-corrected chi connectivity index (χ1v) is 12.7. The third kappa shape index (κ3) is 44.1. The van der Waals surface area contributed by atoms with Gasteiger partial charge in [0.05, 0.1) is 0 Å². The van der Waals surface area contributed by atoms with Crippen molar-refractivity contribution < 1.29 is 0 Å². The second-order valence-electron chi connectivity index (χ2n) is 8.63. The molecule has 0 bridgehead atoms. The van der Waals surface area contributed by atoms with Crippen molar-refractivity contribution in [1.29, 1.82) is 0 Å². The highest BCUT2D eigenvalue weighted by atomic mass is 14.2. The fraction of sp³-hybridized carbons (Fsp3) is 1.00. The molecule has 0 spiro atoms. The first-order chi connectivity index (χ1) is 14.2. The zero-order valence-corrected chi connectivity index (χ0v) is 21.3. The largest absolute Gasteiger partial charge is 0.0776 e. The Morgan fingerprint density at radius 3 is 1.25 bits per heavy atom. The fourth-order valence-electron chi connectivity index (χ4n) is 4.02. The Morgan fingerprint density at radius 1 is 0.594 bits per heavy atom. The monoisotopic (exact) mass is 437 g/mol. The van der Waals surface area contributed by atoms with E-state index in [1.807, 2.05) is 0 Å². The Morgan fingerprint density at radius 2 is 0.906 bits per heavy atom. The molecule has 0 saturated carbocycles. The van der Waals surface area contributed by atoms with E-state index in [0.717, 1.165) is 18.9 Å². The summed E-state index contributed by atoms with van der Waals surface area (Å²) in [7, 11) is 18.0. The summed E-state index contributed by atoms with van der Waals surface area (Å²) in [6.07, 6.45) is 26.2. The number of hydrogen-bond acceptors (Lipinski definition) is 0.